The summed E-state index contributed by atoms with van der Waals surface area (Å²) in [4.78, 5) is 20.9. The van der Waals surface area contributed by atoms with E-state index in [1.165, 1.54) is 19.1 Å². The molecule has 6 heteroatoms. The highest BCUT2D eigenvalue weighted by atomic mass is 16.5. The van der Waals surface area contributed by atoms with Crippen LogP contribution in [0.25, 0.3) is 0 Å². The van der Waals surface area contributed by atoms with E-state index in [0.717, 1.165) is 7.11 Å². The van der Waals surface area contributed by atoms with Crippen LogP contribution in [0.5, 0.6) is 0 Å². The summed E-state index contributed by atoms with van der Waals surface area (Å²) in [6.45, 7) is 10.6. The summed E-state index contributed by atoms with van der Waals surface area (Å²) in [5.74, 6) is 4.40. The van der Waals surface area contributed by atoms with Crippen molar-refractivity contribution in [2.45, 2.75) is 65.8 Å². The quantitative estimate of drug-likeness (QED) is 0.587. The molecule has 1 N–H and O–H groups in total. The van der Waals surface area contributed by atoms with Crippen LogP contribution in [-0.2, 0) is 30.4 Å². The van der Waals surface area contributed by atoms with E-state index < -0.39 is 18.0 Å². The number of carbonyl (C=O) groups excluding carboxylic acids is 2. The van der Waals surface area contributed by atoms with Crippen LogP contribution >= 0.6 is 0 Å². The van der Waals surface area contributed by atoms with Gasteiger partial charge in [0, 0.05) is 0 Å². The molecule has 0 fully saturated rings. The van der Waals surface area contributed by atoms with Gasteiger partial charge < -0.3 is 19.3 Å². The summed E-state index contributed by atoms with van der Waals surface area (Å²) in [6.07, 6.45) is -0.546. The lowest BCUT2D eigenvalue weighted by Gasteiger charge is -2.18. The number of ether oxygens (including phenoxy) is 3. The molecule has 0 spiro atoms. The maximum absolute atomic E-state index is 10.5. The summed E-state index contributed by atoms with van der Waals surface area (Å²) >= 11 is 0. The van der Waals surface area contributed by atoms with E-state index in [1.807, 2.05) is 39.0 Å². The van der Waals surface area contributed by atoms with Crippen LogP contribution in [0.2, 0.25) is 0 Å². The normalized spacial score (nSPS) is 10.6. The Morgan fingerprint density at radius 1 is 1.11 bits per heavy atom. The highest BCUT2D eigenvalue weighted by molar-refractivity contribution is 5.81. The molecule has 0 aliphatic heterocycles. The molecule has 1 aromatic carbocycles. The first kappa shape index (κ1) is 27.9. The number of hydrogen-bond acceptors (Lipinski definition) is 6. The van der Waals surface area contributed by atoms with Crippen molar-refractivity contribution in [3.63, 3.8) is 0 Å². The van der Waals surface area contributed by atoms with E-state index >= 15 is 0 Å². The van der Waals surface area contributed by atoms with Gasteiger partial charge in [-0.25, -0.2) is 4.79 Å². The van der Waals surface area contributed by atoms with Gasteiger partial charge in [0.2, 0.25) is 0 Å². The first-order valence-corrected chi connectivity index (χ1v) is 9.11. The molecule has 0 radical (unpaired) electrons. The van der Waals surface area contributed by atoms with E-state index in [2.05, 4.69) is 47.3 Å². The monoisotopic (exact) mass is 394 g/mol. The van der Waals surface area contributed by atoms with Crippen molar-refractivity contribution < 1.29 is 28.9 Å². The summed E-state index contributed by atoms with van der Waals surface area (Å²) in [6, 6.07) is 10.1. The van der Waals surface area contributed by atoms with Crippen LogP contribution in [0.3, 0.4) is 0 Å². The lowest BCUT2D eigenvalue weighted by atomic mass is 10.1. The van der Waals surface area contributed by atoms with Crippen LogP contribution in [0.1, 0.15) is 53.0 Å². The van der Waals surface area contributed by atoms with E-state index in [1.54, 1.807) is 0 Å². The Hall–Kier alpha value is -2.36. The third-order valence-electron chi connectivity index (χ3n) is 2.93. The van der Waals surface area contributed by atoms with Gasteiger partial charge in [0.05, 0.1) is 27.2 Å². The third kappa shape index (κ3) is 15.9. The maximum Gasteiger partial charge on any atom is 0.335 e. The zero-order chi connectivity index (χ0) is 22.0. The SMILES string of the molecule is CC#CC(C)(C)OCc1ccccc1.CCC.COC(=O)CC(O)C(=O)OC. The van der Waals surface area contributed by atoms with Crippen molar-refractivity contribution in [2.24, 2.45) is 0 Å². The molecular weight excluding hydrogens is 360 g/mol. The van der Waals surface area contributed by atoms with Gasteiger partial charge in [0.1, 0.15) is 5.60 Å². The Labute approximate surface area is 169 Å². The molecule has 0 amide bonds. The molecule has 0 aliphatic carbocycles. The van der Waals surface area contributed by atoms with E-state index in [-0.39, 0.29) is 12.0 Å². The Bertz CT molecular complexity index is 598. The lowest BCUT2D eigenvalue weighted by Crippen LogP contribution is -2.25. The first-order chi connectivity index (χ1) is 13.2. The molecule has 1 atom stereocenters. The molecule has 1 aromatic rings. The average Bonchev–Trinajstić information content (AvgIpc) is 2.67. The molecule has 0 aromatic heterocycles. The zero-order valence-corrected chi connectivity index (χ0v) is 18.1. The number of benzene rings is 1. The zero-order valence-electron chi connectivity index (χ0n) is 18.1. The van der Waals surface area contributed by atoms with Gasteiger partial charge >= 0.3 is 11.9 Å². The molecule has 158 valence electrons. The Morgan fingerprint density at radius 2 is 1.64 bits per heavy atom. The topological polar surface area (TPSA) is 82.1 Å². The fraction of sp³-hybridized carbons (Fsp3) is 0.545. The smallest absolute Gasteiger partial charge is 0.335 e. The van der Waals surface area contributed by atoms with Crippen LogP contribution in [0, 0.1) is 11.8 Å². The molecular formula is C22H34O6. The molecule has 0 saturated carbocycles. The number of carbonyl (C=O) groups is 2. The molecule has 0 heterocycles. The fourth-order valence-electron chi connectivity index (χ4n) is 1.64. The van der Waals surface area contributed by atoms with E-state index in [4.69, 9.17) is 9.84 Å². The predicted octanol–water partition coefficient (Wildman–Crippen LogP) is 3.50. The summed E-state index contributed by atoms with van der Waals surface area (Å²) in [7, 11) is 2.30. The molecule has 0 saturated heterocycles. The van der Waals surface area contributed by atoms with E-state index in [0.29, 0.717) is 6.61 Å². The number of aliphatic hydroxyl groups excluding tert-OH is 1. The van der Waals surface area contributed by atoms with Crippen molar-refractivity contribution in [3.05, 3.63) is 35.9 Å². The molecule has 0 bridgehead atoms. The second kappa shape index (κ2) is 16.8. The Balaban J connectivity index is 0. The van der Waals surface area contributed by atoms with Gasteiger partial charge in [0.25, 0.3) is 0 Å². The van der Waals surface area contributed by atoms with E-state index in [9.17, 15) is 9.59 Å². The minimum atomic E-state index is -1.42. The summed E-state index contributed by atoms with van der Waals surface area (Å²) in [5, 5.41) is 8.84. The van der Waals surface area contributed by atoms with Gasteiger partial charge in [-0.05, 0) is 26.3 Å². The molecule has 0 aliphatic rings. The van der Waals surface area contributed by atoms with Gasteiger partial charge in [-0.2, -0.15) is 0 Å². The van der Waals surface area contributed by atoms with Crippen LogP contribution in [-0.4, -0.2) is 43.0 Å². The third-order valence-corrected chi connectivity index (χ3v) is 2.93. The van der Waals surface area contributed by atoms with Crippen molar-refractivity contribution in [1.82, 2.24) is 0 Å². The van der Waals surface area contributed by atoms with Crippen LogP contribution in [0.4, 0.5) is 0 Å². The van der Waals surface area contributed by atoms with Gasteiger partial charge in [-0.15, -0.1) is 5.92 Å². The Kier molecular flexibility index (Phi) is 16.7. The minimum Gasteiger partial charge on any atom is -0.469 e. The number of rotatable bonds is 6. The fourth-order valence-corrected chi connectivity index (χ4v) is 1.64. The number of aliphatic hydroxyl groups is 1. The molecule has 6 nitrogen and oxygen atoms in total. The number of hydrogen-bond donors (Lipinski definition) is 1. The largest absolute Gasteiger partial charge is 0.469 e. The highest BCUT2D eigenvalue weighted by Crippen LogP contribution is 2.11. The summed E-state index contributed by atoms with van der Waals surface area (Å²) in [5.41, 5.74) is 0.823. The highest BCUT2D eigenvalue weighted by Gasteiger charge is 2.19. The van der Waals surface area contributed by atoms with Gasteiger partial charge in [0.15, 0.2) is 6.10 Å². The van der Waals surface area contributed by atoms with Crippen molar-refractivity contribution in [2.75, 3.05) is 14.2 Å². The van der Waals surface area contributed by atoms with Crippen LogP contribution < -0.4 is 0 Å². The summed E-state index contributed by atoms with van der Waals surface area (Å²) < 4.78 is 14.1. The van der Waals surface area contributed by atoms with Gasteiger partial charge in [-0.3, -0.25) is 4.79 Å². The second-order valence-corrected chi connectivity index (χ2v) is 6.19. The van der Waals surface area contributed by atoms with Crippen molar-refractivity contribution in [3.8, 4) is 11.8 Å². The molecule has 1 unspecified atom stereocenters. The van der Waals surface area contributed by atoms with Crippen molar-refractivity contribution >= 4 is 11.9 Å². The maximum atomic E-state index is 10.5. The molecule has 1 rings (SSSR count). The average molecular weight is 395 g/mol. The standard InChI is InChI=1S/C13H16O.C6H10O5.C3H8/c1-4-10-13(2,3)14-11-12-8-6-5-7-9-12;1-10-5(8)3-4(7)6(9)11-2;1-3-2/h5-9H,11H2,1-3H3;4,7H,3H2,1-2H3;3H2,1-2H3. The van der Waals surface area contributed by atoms with Crippen molar-refractivity contribution in [1.29, 1.82) is 0 Å². The minimum absolute atomic E-state index is 0.357. The Morgan fingerprint density at radius 3 is 2.07 bits per heavy atom. The number of esters is 2. The second-order valence-electron chi connectivity index (χ2n) is 6.19. The molecule has 28 heavy (non-hydrogen) atoms. The van der Waals surface area contributed by atoms with Crippen LogP contribution in [0.15, 0.2) is 30.3 Å². The number of methoxy groups -OCH3 is 2. The lowest BCUT2D eigenvalue weighted by molar-refractivity contribution is -0.156. The van der Waals surface area contributed by atoms with Gasteiger partial charge in [-0.1, -0.05) is 56.5 Å². The predicted molar refractivity (Wildman–Crippen MR) is 109 cm³/mol. The first-order valence-electron chi connectivity index (χ1n) is 9.11.